The Labute approximate surface area is 114 Å². The Hall–Kier alpha value is -2.03. The highest BCUT2D eigenvalue weighted by atomic mass is 16.5. The third-order valence-electron chi connectivity index (χ3n) is 3.08. The van der Waals surface area contributed by atoms with Gasteiger partial charge >= 0.3 is 0 Å². The number of nitrogens with one attached hydrogen (secondary N) is 1. The molecule has 1 aromatic carbocycles. The zero-order chi connectivity index (χ0) is 13.5. The fourth-order valence-electron chi connectivity index (χ4n) is 1.95. The molecule has 0 bridgehead atoms. The van der Waals surface area contributed by atoms with Crippen LogP contribution in [0.2, 0.25) is 0 Å². The quantitative estimate of drug-likeness (QED) is 0.858. The summed E-state index contributed by atoms with van der Waals surface area (Å²) in [4.78, 5) is 4.27. The van der Waals surface area contributed by atoms with Gasteiger partial charge in [0, 0.05) is 12.2 Å². The maximum absolute atomic E-state index is 5.15. The predicted octanol–water partition coefficient (Wildman–Crippen LogP) is 3.52. The first kappa shape index (κ1) is 13.4. The number of ether oxygens (including phenoxy) is 1. The van der Waals surface area contributed by atoms with Crippen LogP contribution in [-0.4, -0.2) is 18.1 Å². The van der Waals surface area contributed by atoms with Crippen LogP contribution in [0.4, 0.5) is 5.82 Å². The van der Waals surface area contributed by atoms with Gasteiger partial charge in [-0.05, 0) is 49.6 Å². The number of aryl methyl sites for hydroxylation is 1. The molecule has 1 aromatic heterocycles. The minimum Gasteiger partial charge on any atom is -0.497 e. The molecule has 1 heterocycles. The number of nitrogens with zero attached hydrogens (tertiary/aromatic N) is 1. The summed E-state index contributed by atoms with van der Waals surface area (Å²) in [5.41, 5.74) is 1.33. The van der Waals surface area contributed by atoms with Crippen LogP contribution in [0.25, 0.3) is 0 Å². The highest BCUT2D eigenvalue weighted by Crippen LogP contribution is 2.14. The Kier molecular flexibility index (Phi) is 4.78. The molecule has 3 nitrogen and oxygen atoms in total. The smallest absolute Gasteiger partial charge is 0.126 e. The van der Waals surface area contributed by atoms with Crippen molar-refractivity contribution in [2.75, 3.05) is 12.4 Å². The average molecular weight is 256 g/mol. The second-order valence-electron chi connectivity index (χ2n) is 4.65. The van der Waals surface area contributed by atoms with Crippen LogP contribution in [0.5, 0.6) is 5.75 Å². The molecule has 0 fully saturated rings. The second-order valence-corrected chi connectivity index (χ2v) is 4.65. The molecule has 2 aromatic rings. The molecule has 2 rings (SSSR count). The average Bonchev–Trinajstić information content (AvgIpc) is 2.47. The third-order valence-corrected chi connectivity index (χ3v) is 3.08. The first-order valence-corrected chi connectivity index (χ1v) is 6.58. The molecule has 0 saturated carbocycles. The largest absolute Gasteiger partial charge is 0.497 e. The van der Waals surface area contributed by atoms with Gasteiger partial charge in [0.05, 0.1) is 7.11 Å². The van der Waals surface area contributed by atoms with Crippen LogP contribution in [-0.2, 0) is 6.42 Å². The van der Waals surface area contributed by atoms with E-state index in [4.69, 9.17) is 4.74 Å². The first-order chi connectivity index (χ1) is 9.28. The molecule has 0 radical (unpaired) electrons. The summed E-state index contributed by atoms with van der Waals surface area (Å²) in [6.45, 7) is 2.18. The van der Waals surface area contributed by atoms with Gasteiger partial charge < -0.3 is 10.1 Å². The van der Waals surface area contributed by atoms with Gasteiger partial charge in [-0.15, -0.1) is 0 Å². The van der Waals surface area contributed by atoms with Crippen LogP contribution in [0.15, 0.2) is 48.7 Å². The van der Waals surface area contributed by atoms with E-state index in [-0.39, 0.29) is 0 Å². The third kappa shape index (κ3) is 4.28. The van der Waals surface area contributed by atoms with E-state index in [2.05, 4.69) is 29.4 Å². The molecular formula is C16H20N2O. The van der Waals surface area contributed by atoms with Crippen molar-refractivity contribution < 1.29 is 4.74 Å². The number of pyridine rings is 1. The highest BCUT2D eigenvalue weighted by molar-refractivity contribution is 5.34. The molecule has 0 aliphatic rings. The molecule has 1 atom stereocenters. The van der Waals surface area contributed by atoms with Crippen molar-refractivity contribution in [3.05, 3.63) is 54.2 Å². The van der Waals surface area contributed by atoms with Gasteiger partial charge in [-0.1, -0.05) is 18.2 Å². The molecule has 0 spiro atoms. The number of hydrogen-bond donors (Lipinski definition) is 1. The Morgan fingerprint density at radius 2 is 1.95 bits per heavy atom. The highest BCUT2D eigenvalue weighted by Gasteiger charge is 2.03. The van der Waals surface area contributed by atoms with E-state index in [1.165, 1.54) is 5.56 Å². The van der Waals surface area contributed by atoms with Gasteiger partial charge in [0.25, 0.3) is 0 Å². The van der Waals surface area contributed by atoms with Gasteiger partial charge in [-0.3, -0.25) is 0 Å². The molecule has 3 heteroatoms. The number of anilines is 1. The van der Waals surface area contributed by atoms with E-state index in [1.807, 2.05) is 30.3 Å². The Morgan fingerprint density at radius 3 is 2.58 bits per heavy atom. The fraction of sp³-hybridized carbons (Fsp3) is 0.312. The second kappa shape index (κ2) is 6.78. The monoisotopic (exact) mass is 256 g/mol. The lowest BCUT2D eigenvalue weighted by Crippen LogP contribution is -2.16. The van der Waals surface area contributed by atoms with Crippen molar-refractivity contribution in [3.63, 3.8) is 0 Å². The van der Waals surface area contributed by atoms with Crippen LogP contribution < -0.4 is 10.1 Å². The number of benzene rings is 1. The van der Waals surface area contributed by atoms with E-state index in [0.29, 0.717) is 6.04 Å². The number of hydrogen-bond acceptors (Lipinski definition) is 3. The van der Waals surface area contributed by atoms with Crippen molar-refractivity contribution in [2.45, 2.75) is 25.8 Å². The maximum atomic E-state index is 5.15. The summed E-state index contributed by atoms with van der Waals surface area (Å²) in [5, 5.41) is 3.40. The van der Waals surface area contributed by atoms with Gasteiger partial charge in [-0.25, -0.2) is 4.98 Å². The first-order valence-electron chi connectivity index (χ1n) is 6.58. The zero-order valence-corrected chi connectivity index (χ0v) is 11.5. The summed E-state index contributed by atoms with van der Waals surface area (Å²) in [6.07, 6.45) is 3.92. The normalized spacial score (nSPS) is 11.9. The van der Waals surface area contributed by atoms with Crippen molar-refractivity contribution in [2.24, 2.45) is 0 Å². The molecule has 0 aliphatic heterocycles. The van der Waals surface area contributed by atoms with E-state index < -0.39 is 0 Å². The van der Waals surface area contributed by atoms with Crippen LogP contribution in [0, 0.1) is 0 Å². The minimum atomic E-state index is 0.400. The summed E-state index contributed by atoms with van der Waals surface area (Å²) >= 11 is 0. The number of aromatic nitrogens is 1. The van der Waals surface area contributed by atoms with Crippen LogP contribution >= 0.6 is 0 Å². The van der Waals surface area contributed by atoms with Crippen molar-refractivity contribution in [1.29, 1.82) is 0 Å². The van der Waals surface area contributed by atoms with Crippen molar-refractivity contribution in [3.8, 4) is 5.75 Å². The standard InChI is InChI=1S/C16H20N2O/c1-13(18-16-5-3-4-12-17-16)6-7-14-8-10-15(19-2)11-9-14/h3-5,8-13H,6-7H2,1-2H3,(H,17,18). The maximum Gasteiger partial charge on any atom is 0.126 e. The topological polar surface area (TPSA) is 34.1 Å². The molecule has 1 unspecified atom stereocenters. The SMILES string of the molecule is COc1ccc(CCC(C)Nc2ccccn2)cc1. The molecule has 1 N–H and O–H groups in total. The lowest BCUT2D eigenvalue weighted by molar-refractivity contribution is 0.414. The lowest BCUT2D eigenvalue weighted by atomic mass is 10.1. The van der Waals surface area contributed by atoms with Gasteiger partial charge in [0.2, 0.25) is 0 Å². The van der Waals surface area contributed by atoms with E-state index in [9.17, 15) is 0 Å². The lowest BCUT2D eigenvalue weighted by Gasteiger charge is -2.14. The Bertz CT molecular complexity index is 482. The number of methoxy groups -OCH3 is 1. The van der Waals surface area contributed by atoms with E-state index >= 15 is 0 Å². The molecule has 0 saturated heterocycles. The summed E-state index contributed by atoms with van der Waals surface area (Å²) in [6, 6.07) is 14.6. The minimum absolute atomic E-state index is 0.400. The molecule has 0 aliphatic carbocycles. The molecular weight excluding hydrogens is 236 g/mol. The van der Waals surface area contributed by atoms with Gasteiger partial charge in [0.15, 0.2) is 0 Å². The van der Waals surface area contributed by atoms with Gasteiger partial charge in [0.1, 0.15) is 11.6 Å². The van der Waals surface area contributed by atoms with Gasteiger partial charge in [-0.2, -0.15) is 0 Å². The molecule has 19 heavy (non-hydrogen) atoms. The summed E-state index contributed by atoms with van der Waals surface area (Å²) < 4.78 is 5.15. The molecule has 100 valence electrons. The Morgan fingerprint density at radius 1 is 1.16 bits per heavy atom. The fourth-order valence-corrected chi connectivity index (χ4v) is 1.95. The number of rotatable bonds is 6. The van der Waals surface area contributed by atoms with Crippen LogP contribution in [0.1, 0.15) is 18.9 Å². The summed E-state index contributed by atoms with van der Waals surface area (Å²) in [5.74, 6) is 1.84. The Balaban J connectivity index is 1.81. The zero-order valence-electron chi connectivity index (χ0n) is 11.5. The van der Waals surface area contributed by atoms with E-state index in [1.54, 1.807) is 13.3 Å². The predicted molar refractivity (Wildman–Crippen MR) is 78.6 cm³/mol. The van der Waals surface area contributed by atoms with Crippen molar-refractivity contribution >= 4 is 5.82 Å². The summed E-state index contributed by atoms with van der Waals surface area (Å²) in [7, 11) is 1.69. The van der Waals surface area contributed by atoms with Crippen LogP contribution in [0.3, 0.4) is 0 Å². The molecule has 0 amide bonds. The van der Waals surface area contributed by atoms with Crippen molar-refractivity contribution in [1.82, 2.24) is 4.98 Å². The van der Waals surface area contributed by atoms with E-state index in [0.717, 1.165) is 24.4 Å².